The number of rotatable bonds is 6. The second-order valence-corrected chi connectivity index (χ2v) is 8.45. The van der Waals surface area contributed by atoms with Crippen LogP contribution in [0.15, 0.2) is 87.5 Å². The normalized spacial score (nSPS) is 15.6. The fourth-order valence-corrected chi connectivity index (χ4v) is 4.44. The molecular weight excluding hydrogens is 441 g/mol. The number of ether oxygens (including phenoxy) is 1. The van der Waals surface area contributed by atoms with E-state index in [0.29, 0.717) is 17.2 Å². The number of aromatic nitrogens is 1. The van der Waals surface area contributed by atoms with Crippen LogP contribution in [0.5, 0.6) is 5.75 Å². The number of methoxy groups -OCH3 is 1. The largest absolute Gasteiger partial charge is 0.497 e. The summed E-state index contributed by atoms with van der Waals surface area (Å²) in [7, 11) is 1.61. The van der Waals surface area contributed by atoms with Gasteiger partial charge in [-0.3, -0.25) is 4.79 Å². The van der Waals surface area contributed by atoms with Gasteiger partial charge in [-0.05, 0) is 59.7 Å². The van der Waals surface area contributed by atoms with Gasteiger partial charge in [-0.15, -0.1) is 0 Å². The molecule has 1 aromatic heterocycles. The van der Waals surface area contributed by atoms with Gasteiger partial charge in [0, 0.05) is 6.42 Å². The molecule has 2 heterocycles. The van der Waals surface area contributed by atoms with Crippen LogP contribution in [0.25, 0.3) is 11.1 Å². The van der Waals surface area contributed by atoms with Crippen LogP contribution in [0.3, 0.4) is 0 Å². The van der Waals surface area contributed by atoms with Gasteiger partial charge < -0.3 is 9.15 Å². The van der Waals surface area contributed by atoms with Gasteiger partial charge in [-0.2, -0.15) is 5.10 Å². The second-order valence-electron chi connectivity index (χ2n) is 7.52. The van der Waals surface area contributed by atoms with Gasteiger partial charge in [0.1, 0.15) is 17.1 Å². The van der Waals surface area contributed by atoms with Crippen molar-refractivity contribution in [1.29, 1.82) is 0 Å². The van der Waals surface area contributed by atoms with Crippen molar-refractivity contribution in [1.82, 2.24) is 9.99 Å². The zero-order valence-electron chi connectivity index (χ0n) is 17.8. The molecule has 33 heavy (non-hydrogen) atoms. The average Bonchev–Trinajstić information content (AvgIpc) is 3.48. The third-order valence-corrected chi connectivity index (χ3v) is 6.25. The Morgan fingerprint density at radius 2 is 1.88 bits per heavy atom. The molecule has 1 atom stereocenters. The molecule has 0 radical (unpaired) electrons. The lowest BCUT2D eigenvalue weighted by atomic mass is 9.98. The van der Waals surface area contributed by atoms with E-state index in [1.807, 2.05) is 48.5 Å². The number of fused-ring (bicyclic) bond motifs is 1. The van der Waals surface area contributed by atoms with Crippen LogP contribution >= 0.6 is 11.8 Å². The van der Waals surface area contributed by atoms with Crippen LogP contribution < -0.4 is 4.74 Å². The van der Waals surface area contributed by atoms with Gasteiger partial charge in [0.15, 0.2) is 5.58 Å². The number of amides is 1. The summed E-state index contributed by atoms with van der Waals surface area (Å²) in [5, 5.41) is 6.57. The molecule has 0 bridgehead atoms. The van der Waals surface area contributed by atoms with Crippen molar-refractivity contribution in [3.8, 4) is 5.75 Å². The molecule has 1 aliphatic rings. The third kappa shape index (κ3) is 4.47. The summed E-state index contributed by atoms with van der Waals surface area (Å²) in [4.78, 5) is 17.6. The highest BCUT2D eigenvalue weighted by atomic mass is 32.2. The monoisotopic (exact) mass is 461 g/mol. The van der Waals surface area contributed by atoms with E-state index in [2.05, 4.69) is 10.1 Å². The zero-order valence-corrected chi connectivity index (χ0v) is 18.6. The van der Waals surface area contributed by atoms with E-state index in [1.165, 1.54) is 28.9 Å². The predicted octanol–water partition coefficient (Wildman–Crippen LogP) is 5.45. The number of benzene rings is 3. The first kappa shape index (κ1) is 21.2. The molecule has 6 nitrogen and oxygen atoms in total. The van der Waals surface area contributed by atoms with Crippen LogP contribution in [-0.2, 0) is 4.79 Å². The Hall–Kier alpha value is -3.65. The second kappa shape index (κ2) is 9.07. The standard InChI is InChI=1S/C25H20FN3O3S/c1-31-19-12-8-16(9-13-19)21-14-22(17-6-10-18(26)11-7-17)29(28-21)24(30)15-33-25-27-20-4-2-3-5-23(20)32-25/h2-13,22H,14-15H2,1H3. The predicted molar refractivity (Wildman–Crippen MR) is 125 cm³/mol. The number of hydrogen-bond donors (Lipinski definition) is 0. The summed E-state index contributed by atoms with van der Waals surface area (Å²) in [6, 6.07) is 20.9. The van der Waals surface area contributed by atoms with Crippen molar-refractivity contribution in [3.05, 3.63) is 89.7 Å². The molecule has 0 N–H and O–H groups in total. The first-order valence-corrected chi connectivity index (χ1v) is 11.4. The number of hydrogen-bond acceptors (Lipinski definition) is 6. The van der Waals surface area contributed by atoms with Crippen LogP contribution in [0, 0.1) is 5.82 Å². The van der Waals surface area contributed by atoms with Crippen LogP contribution in [0.4, 0.5) is 4.39 Å². The minimum atomic E-state index is -0.322. The highest BCUT2D eigenvalue weighted by molar-refractivity contribution is 7.99. The van der Waals surface area contributed by atoms with E-state index in [0.717, 1.165) is 28.1 Å². The molecule has 4 aromatic rings. The Bertz CT molecular complexity index is 1290. The SMILES string of the molecule is COc1ccc(C2=NN(C(=O)CSc3nc4ccccc4o3)C(c3ccc(F)cc3)C2)cc1. The molecule has 0 spiro atoms. The molecule has 0 aliphatic carbocycles. The smallest absolute Gasteiger partial charge is 0.257 e. The number of hydrazone groups is 1. The molecular formula is C25H20FN3O3S. The Balaban J connectivity index is 1.38. The molecule has 1 amide bonds. The maximum absolute atomic E-state index is 13.5. The first-order valence-electron chi connectivity index (χ1n) is 10.4. The van der Waals surface area contributed by atoms with E-state index < -0.39 is 0 Å². The molecule has 166 valence electrons. The Labute approximate surface area is 194 Å². The number of carbonyl (C=O) groups is 1. The lowest BCUT2D eigenvalue weighted by Crippen LogP contribution is -2.28. The minimum absolute atomic E-state index is 0.115. The van der Waals surface area contributed by atoms with Crippen LogP contribution in [0.1, 0.15) is 23.6 Å². The van der Waals surface area contributed by atoms with Crippen molar-refractivity contribution in [2.75, 3.05) is 12.9 Å². The molecule has 0 saturated heterocycles. The van der Waals surface area contributed by atoms with Gasteiger partial charge in [-0.25, -0.2) is 14.4 Å². The van der Waals surface area contributed by atoms with Gasteiger partial charge in [0.25, 0.3) is 11.1 Å². The molecule has 8 heteroatoms. The number of halogens is 1. The molecule has 5 rings (SSSR count). The van der Waals surface area contributed by atoms with Crippen molar-refractivity contribution in [2.24, 2.45) is 5.10 Å². The number of thioether (sulfide) groups is 1. The van der Waals surface area contributed by atoms with Crippen molar-refractivity contribution < 1.29 is 18.3 Å². The molecule has 3 aromatic carbocycles. The first-order chi connectivity index (χ1) is 16.1. The number of carbonyl (C=O) groups excluding carboxylic acids is 1. The van der Waals surface area contributed by atoms with Gasteiger partial charge >= 0.3 is 0 Å². The third-order valence-electron chi connectivity index (χ3n) is 5.44. The molecule has 0 fully saturated rings. The van der Waals surface area contributed by atoms with E-state index in [4.69, 9.17) is 9.15 Å². The Morgan fingerprint density at radius 3 is 2.61 bits per heavy atom. The summed E-state index contributed by atoms with van der Waals surface area (Å²) in [6.45, 7) is 0. The zero-order chi connectivity index (χ0) is 22.8. The maximum Gasteiger partial charge on any atom is 0.257 e. The highest BCUT2D eigenvalue weighted by Gasteiger charge is 2.33. The lowest BCUT2D eigenvalue weighted by molar-refractivity contribution is -0.130. The number of nitrogens with zero attached hydrogens (tertiary/aromatic N) is 3. The van der Waals surface area contributed by atoms with E-state index >= 15 is 0 Å². The molecule has 1 aliphatic heterocycles. The van der Waals surface area contributed by atoms with Crippen molar-refractivity contribution >= 4 is 34.5 Å². The number of oxazole rings is 1. The quantitative estimate of drug-likeness (QED) is 0.358. The summed E-state index contributed by atoms with van der Waals surface area (Å²) < 4.78 is 24.4. The fraction of sp³-hybridized carbons (Fsp3) is 0.160. The van der Waals surface area contributed by atoms with E-state index in [1.54, 1.807) is 19.2 Å². The fourth-order valence-electron chi connectivity index (χ4n) is 3.75. The van der Waals surface area contributed by atoms with Crippen molar-refractivity contribution in [2.45, 2.75) is 17.7 Å². The summed E-state index contributed by atoms with van der Waals surface area (Å²) in [5.74, 6) is 0.358. The minimum Gasteiger partial charge on any atom is -0.497 e. The molecule has 1 unspecified atom stereocenters. The summed E-state index contributed by atoms with van der Waals surface area (Å²) in [5.41, 5.74) is 3.94. The van der Waals surface area contributed by atoms with Crippen molar-refractivity contribution in [3.63, 3.8) is 0 Å². The summed E-state index contributed by atoms with van der Waals surface area (Å²) >= 11 is 1.23. The van der Waals surface area contributed by atoms with Crippen LogP contribution in [0.2, 0.25) is 0 Å². The Kier molecular flexibility index (Phi) is 5.83. The highest BCUT2D eigenvalue weighted by Crippen LogP contribution is 2.34. The molecule has 0 saturated carbocycles. The van der Waals surface area contributed by atoms with Crippen LogP contribution in [-0.4, -0.2) is 34.5 Å². The number of para-hydroxylation sites is 2. The average molecular weight is 462 g/mol. The maximum atomic E-state index is 13.5. The van der Waals surface area contributed by atoms with Gasteiger partial charge in [-0.1, -0.05) is 36.0 Å². The van der Waals surface area contributed by atoms with E-state index in [9.17, 15) is 9.18 Å². The summed E-state index contributed by atoms with van der Waals surface area (Å²) in [6.07, 6.45) is 0.525. The lowest BCUT2D eigenvalue weighted by Gasteiger charge is -2.21. The topological polar surface area (TPSA) is 67.9 Å². The van der Waals surface area contributed by atoms with Gasteiger partial charge in [0.2, 0.25) is 0 Å². The Morgan fingerprint density at radius 1 is 1.12 bits per heavy atom. The van der Waals surface area contributed by atoms with E-state index in [-0.39, 0.29) is 23.5 Å². The van der Waals surface area contributed by atoms with Gasteiger partial charge in [0.05, 0.1) is 24.6 Å².